The zero-order valence-corrected chi connectivity index (χ0v) is 10.7. The highest BCUT2D eigenvalue weighted by atomic mass is 19.3. The smallest absolute Gasteiger partial charge is 0.288 e. The Labute approximate surface area is 110 Å². The van der Waals surface area contributed by atoms with Crippen molar-refractivity contribution < 1.29 is 13.2 Å². The number of hydrogen-bond acceptors (Lipinski definition) is 3. The molecule has 1 aliphatic heterocycles. The molecule has 0 aliphatic carbocycles. The molecule has 3 nitrogen and oxygen atoms in total. The molecule has 1 unspecified atom stereocenters. The summed E-state index contributed by atoms with van der Waals surface area (Å²) < 4.78 is 34.2. The fourth-order valence-corrected chi connectivity index (χ4v) is 2.61. The van der Waals surface area contributed by atoms with Crippen LogP contribution in [-0.2, 0) is 5.92 Å². The van der Waals surface area contributed by atoms with Gasteiger partial charge in [0, 0.05) is 12.5 Å². The molecule has 2 aromatic rings. The zero-order chi connectivity index (χ0) is 13.5. The maximum Gasteiger partial charge on any atom is 0.288 e. The summed E-state index contributed by atoms with van der Waals surface area (Å²) in [7, 11) is 0. The first-order valence-electron chi connectivity index (χ1n) is 6.56. The molecule has 0 bridgehead atoms. The van der Waals surface area contributed by atoms with Gasteiger partial charge in [0.1, 0.15) is 5.52 Å². The van der Waals surface area contributed by atoms with E-state index in [0.29, 0.717) is 30.0 Å². The number of fused-ring (bicyclic) bond motifs is 1. The average molecular weight is 266 g/mol. The molecular weight excluding hydrogens is 250 g/mol. The Bertz CT molecular complexity index is 588. The standard InChI is InChI=1S/C14H16F2N2O/c1-9-18-11-6-5-10(8-12(11)19-9)14(15,16)13-4-2-3-7-17-13/h5-6,8,13,17H,2-4,7H2,1H3. The third-order valence-electron chi connectivity index (χ3n) is 3.63. The van der Waals surface area contributed by atoms with Crippen LogP contribution in [0.3, 0.4) is 0 Å². The minimum absolute atomic E-state index is 0.00412. The van der Waals surface area contributed by atoms with Crippen LogP contribution in [0.4, 0.5) is 8.78 Å². The number of alkyl halides is 2. The van der Waals surface area contributed by atoms with Crippen LogP contribution in [0.1, 0.15) is 30.7 Å². The van der Waals surface area contributed by atoms with E-state index in [2.05, 4.69) is 10.3 Å². The maximum absolute atomic E-state index is 14.5. The third-order valence-corrected chi connectivity index (χ3v) is 3.63. The van der Waals surface area contributed by atoms with E-state index >= 15 is 0 Å². The van der Waals surface area contributed by atoms with Gasteiger partial charge in [0.25, 0.3) is 5.92 Å². The normalized spacial score (nSPS) is 20.9. The summed E-state index contributed by atoms with van der Waals surface area (Å²) in [5.74, 6) is -2.39. The van der Waals surface area contributed by atoms with Gasteiger partial charge in [0.15, 0.2) is 11.5 Å². The molecule has 1 N–H and O–H groups in total. The summed E-state index contributed by atoms with van der Waals surface area (Å²) in [5.41, 5.74) is 1.04. The van der Waals surface area contributed by atoms with Gasteiger partial charge in [-0.3, -0.25) is 0 Å². The maximum atomic E-state index is 14.5. The molecular formula is C14H16F2N2O. The summed E-state index contributed by atoms with van der Waals surface area (Å²) >= 11 is 0. The molecule has 0 radical (unpaired) electrons. The van der Waals surface area contributed by atoms with Crippen LogP contribution in [0.15, 0.2) is 22.6 Å². The number of benzene rings is 1. The number of aryl methyl sites for hydroxylation is 1. The SMILES string of the molecule is Cc1nc2ccc(C(F)(F)C3CCCCN3)cc2o1. The number of halogens is 2. The van der Waals surface area contributed by atoms with Gasteiger partial charge in [-0.15, -0.1) is 0 Å². The molecule has 1 atom stereocenters. The monoisotopic (exact) mass is 266 g/mol. The van der Waals surface area contributed by atoms with Crippen molar-refractivity contribution in [2.24, 2.45) is 0 Å². The van der Waals surface area contributed by atoms with E-state index < -0.39 is 12.0 Å². The lowest BCUT2D eigenvalue weighted by Gasteiger charge is -2.31. The highest BCUT2D eigenvalue weighted by Gasteiger charge is 2.41. The Morgan fingerprint density at radius 1 is 1.37 bits per heavy atom. The number of nitrogens with zero attached hydrogens (tertiary/aromatic N) is 1. The molecule has 1 fully saturated rings. The number of rotatable bonds is 2. The van der Waals surface area contributed by atoms with Crippen molar-refractivity contribution in [3.63, 3.8) is 0 Å². The van der Waals surface area contributed by atoms with Crippen molar-refractivity contribution in [3.05, 3.63) is 29.7 Å². The Hall–Kier alpha value is -1.49. The van der Waals surface area contributed by atoms with Crippen molar-refractivity contribution in [2.75, 3.05) is 6.54 Å². The number of aromatic nitrogens is 1. The van der Waals surface area contributed by atoms with Gasteiger partial charge in [-0.1, -0.05) is 12.5 Å². The first-order valence-corrected chi connectivity index (χ1v) is 6.56. The summed E-state index contributed by atoms with van der Waals surface area (Å²) in [6.07, 6.45) is 2.31. The Balaban J connectivity index is 1.96. The molecule has 102 valence electrons. The first kappa shape index (κ1) is 12.5. The van der Waals surface area contributed by atoms with Crippen LogP contribution >= 0.6 is 0 Å². The van der Waals surface area contributed by atoms with E-state index in [1.54, 1.807) is 13.0 Å². The van der Waals surface area contributed by atoms with E-state index in [1.807, 2.05) is 0 Å². The third kappa shape index (κ3) is 2.23. The predicted molar refractivity (Wildman–Crippen MR) is 68.3 cm³/mol. The topological polar surface area (TPSA) is 38.1 Å². The molecule has 0 spiro atoms. The minimum Gasteiger partial charge on any atom is -0.441 e. The molecule has 3 rings (SSSR count). The summed E-state index contributed by atoms with van der Waals surface area (Å²) in [5, 5.41) is 2.91. The number of nitrogens with one attached hydrogen (secondary N) is 1. The molecule has 19 heavy (non-hydrogen) atoms. The second kappa shape index (κ2) is 4.56. The zero-order valence-electron chi connectivity index (χ0n) is 10.7. The lowest BCUT2D eigenvalue weighted by Crippen LogP contribution is -2.45. The van der Waals surface area contributed by atoms with Crippen LogP contribution in [0, 0.1) is 6.92 Å². The van der Waals surface area contributed by atoms with Crippen LogP contribution < -0.4 is 5.32 Å². The highest BCUT2D eigenvalue weighted by Crippen LogP contribution is 2.36. The quantitative estimate of drug-likeness (QED) is 0.905. The second-order valence-electron chi connectivity index (χ2n) is 5.04. The van der Waals surface area contributed by atoms with Gasteiger partial charge in [-0.05, 0) is 31.5 Å². The van der Waals surface area contributed by atoms with Crippen LogP contribution in [0.25, 0.3) is 11.1 Å². The fraction of sp³-hybridized carbons (Fsp3) is 0.500. The molecule has 5 heteroatoms. The molecule has 0 saturated carbocycles. The number of oxazole rings is 1. The van der Waals surface area contributed by atoms with Crippen LogP contribution in [0.5, 0.6) is 0 Å². The molecule has 1 aromatic heterocycles. The van der Waals surface area contributed by atoms with Crippen molar-refractivity contribution in [3.8, 4) is 0 Å². The van der Waals surface area contributed by atoms with E-state index in [1.165, 1.54) is 12.1 Å². The van der Waals surface area contributed by atoms with Gasteiger partial charge in [0.05, 0.1) is 6.04 Å². The van der Waals surface area contributed by atoms with Gasteiger partial charge in [-0.25, -0.2) is 4.98 Å². The molecule has 1 saturated heterocycles. The Morgan fingerprint density at radius 2 is 2.21 bits per heavy atom. The predicted octanol–water partition coefficient (Wildman–Crippen LogP) is 3.37. The van der Waals surface area contributed by atoms with Crippen molar-refractivity contribution in [2.45, 2.75) is 38.2 Å². The lowest BCUT2D eigenvalue weighted by atomic mass is 9.94. The van der Waals surface area contributed by atoms with E-state index in [-0.39, 0.29) is 5.56 Å². The Morgan fingerprint density at radius 3 is 2.95 bits per heavy atom. The fourth-order valence-electron chi connectivity index (χ4n) is 2.61. The first-order chi connectivity index (χ1) is 9.07. The van der Waals surface area contributed by atoms with Gasteiger partial charge in [-0.2, -0.15) is 8.78 Å². The van der Waals surface area contributed by atoms with E-state index in [0.717, 1.165) is 12.8 Å². The van der Waals surface area contributed by atoms with Crippen LogP contribution in [-0.4, -0.2) is 17.6 Å². The molecule has 1 aromatic carbocycles. The Kier molecular flexibility index (Phi) is 3.01. The number of piperidine rings is 1. The summed E-state index contributed by atoms with van der Waals surface area (Å²) in [4.78, 5) is 4.12. The van der Waals surface area contributed by atoms with Crippen molar-refractivity contribution >= 4 is 11.1 Å². The molecule has 0 amide bonds. The van der Waals surface area contributed by atoms with Crippen molar-refractivity contribution in [1.82, 2.24) is 10.3 Å². The van der Waals surface area contributed by atoms with E-state index in [4.69, 9.17) is 4.42 Å². The number of hydrogen-bond donors (Lipinski definition) is 1. The minimum atomic E-state index is -2.88. The van der Waals surface area contributed by atoms with Gasteiger partial charge >= 0.3 is 0 Å². The molecule has 2 heterocycles. The summed E-state index contributed by atoms with van der Waals surface area (Å²) in [6, 6.07) is 3.66. The lowest BCUT2D eigenvalue weighted by molar-refractivity contribution is -0.0511. The van der Waals surface area contributed by atoms with Gasteiger partial charge in [0.2, 0.25) is 0 Å². The second-order valence-corrected chi connectivity index (χ2v) is 5.04. The largest absolute Gasteiger partial charge is 0.441 e. The van der Waals surface area contributed by atoms with E-state index in [9.17, 15) is 8.78 Å². The average Bonchev–Trinajstić information content (AvgIpc) is 2.78. The molecule has 1 aliphatic rings. The highest BCUT2D eigenvalue weighted by molar-refractivity contribution is 5.73. The van der Waals surface area contributed by atoms with Crippen LogP contribution in [0.2, 0.25) is 0 Å². The van der Waals surface area contributed by atoms with Crippen molar-refractivity contribution in [1.29, 1.82) is 0 Å². The summed E-state index contributed by atoms with van der Waals surface area (Å²) in [6.45, 7) is 2.37. The van der Waals surface area contributed by atoms with Gasteiger partial charge < -0.3 is 9.73 Å².